The van der Waals surface area contributed by atoms with Crippen molar-refractivity contribution in [2.24, 2.45) is 0 Å². The number of rotatable bonds is 4. The summed E-state index contributed by atoms with van der Waals surface area (Å²) < 4.78 is 22.2. The highest BCUT2D eigenvalue weighted by atomic mass is 32.1. The van der Waals surface area contributed by atoms with Crippen LogP contribution in [-0.4, -0.2) is 19.3 Å². The summed E-state index contributed by atoms with van der Waals surface area (Å²) in [5, 5.41) is 20.6. The fourth-order valence-electron chi connectivity index (χ4n) is 2.04. The van der Waals surface area contributed by atoms with Crippen molar-refractivity contribution < 1.29 is 28.5 Å². The van der Waals surface area contributed by atoms with E-state index in [2.05, 4.69) is 0 Å². The third kappa shape index (κ3) is 3.19. The minimum atomic E-state index is -0.452. The Bertz CT molecular complexity index is 856. The van der Waals surface area contributed by atoms with E-state index in [9.17, 15) is 10.2 Å². The first-order valence-corrected chi connectivity index (χ1v) is 7.41. The number of hydrogen-bond donors (Lipinski definition) is 1. The molecule has 3 aromatic heterocycles. The fourth-order valence-corrected chi connectivity index (χ4v) is 2.92. The molecule has 0 saturated carbocycles. The zero-order chi connectivity index (χ0) is 16.4. The van der Waals surface area contributed by atoms with E-state index < -0.39 is 5.95 Å². The topological polar surface area (TPSA) is 84.9 Å². The van der Waals surface area contributed by atoms with Crippen molar-refractivity contribution in [3.63, 3.8) is 0 Å². The maximum Gasteiger partial charge on any atom is 0.340 e. The smallest absolute Gasteiger partial charge is 0.340 e. The second-order valence-corrected chi connectivity index (χ2v) is 5.69. The molecule has 0 bridgehead atoms. The second kappa shape index (κ2) is 6.13. The predicted molar refractivity (Wildman–Crippen MR) is 83.0 cm³/mol. The molecule has 3 heterocycles. The van der Waals surface area contributed by atoms with Gasteiger partial charge in [-0.1, -0.05) is 0 Å². The normalized spacial score (nSPS) is 12.8. The van der Waals surface area contributed by atoms with Crippen LogP contribution in [0, 0.1) is 0 Å². The van der Waals surface area contributed by atoms with Crippen molar-refractivity contribution >= 4 is 23.5 Å². The van der Waals surface area contributed by atoms with Crippen LogP contribution in [0.4, 0.5) is 0 Å². The Morgan fingerprint density at radius 1 is 1.00 bits per heavy atom. The molecule has 6 nitrogen and oxygen atoms in total. The highest BCUT2D eigenvalue weighted by Crippen LogP contribution is 2.29. The van der Waals surface area contributed by atoms with Gasteiger partial charge in [-0.3, -0.25) is 0 Å². The van der Waals surface area contributed by atoms with E-state index in [0.29, 0.717) is 23.0 Å². The lowest BCUT2D eigenvalue weighted by atomic mass is 10.3. The van der Waals surface area contributed by atoms with Gasteiger partial charge >= 0.3 is 5.95 Å². The summed E-state index contributed by atoms with van der Waals surface area (Å²) >= 11 is 1.45. The van der Waals surface area contributed by atoms with Crippen molar-refractivity contribution in [1.82, 2.24) is 0 Å². The molecule has 0 aliphatic rings. The summed E-state index contributed by atoms with van der Waals surface area (Å²) in [7, 11) is 2.98. The molecule has 3 rings (SSSR count). The summed E-state index contributed by atoms with van der Waals surface area (Å²) in [6, 6.07) is 6.44. The van der Waals surface area contributed by atoms with Gasteiger partial charge in [-0.25, -0.2) is 5.11 Å². The maximum atomic E-state index is 11.3. The van der Waals surface area contributed by atoms with Crippen LogP contribution in [-0.2, 0) is 5.11 Å². The SMILES string of the molecule is COc1cc([O])oc1/C=c1/cc/c(=C/c2oc(O)cc2OC)s1. The summed E-state index contributed by atoms with van der Waals surface area (Å²) in [5.41, 5.74) is 0. The van der Waals surface area contributed by atoms with Crippen LogP contribution in [0.25, 0.3) is 12.2 Å². The first kappa shape index (κ1) is 15.1. The molecular formula is C16H13O6S. The zero-order valence-corrected chi connectivity index (χ0v) is 13.2. The molecule has 0 aliphatic carbocycles. The quantitative estimate of drug-likeness (QED) is 0.793. The van der Waals surface area contributed by atoms with Crippen molar-refractivity contribution in [2.45, 2.75) is 0 Å². The van der Waals surface area contributed by atoms with Crippen molar-refractivity contribution in [3.8, 4) is 23.4 Å². The maximum absolute atomic E-state index is 11.3. The largest absolute Gasteiger partial charge is 0.493 e. The fraction of sp³-hybridized carbons (Fsp3) is 0.125. The monoisotopic (exact) mass is 333 g/mol. The third-order valence-electron chi connectivity index (χ3n) is 3.05. The molecule has 0 saturated heterocycles. The minimum Gasteiger partial charge on any atom is -0.493 e. The van der Waals surface area contributed by atoms with Gasteiger partial charge in [0.25, 0.3) is 5.95 Å². The van der Waals surface area contributed by atoms with Gasteiger partial charge < -0.3 is 23.4 Å². The number of ether oxygens (including phenoxy) is 2. The van der Waals surface area contributed by atoms with Crippen LogP contribution in [0.5, 0.6) is 23.4 Å². The standard InChI is InChI=1S/C16H13O6S/c1-19-11-7-15(17)21-13(11)5-9-3-4-10(23-9)6-14-12(20-2)8-16(18)22-14/h3-8,17H,1-2H3/b9-5-,10-6-. The van der Waals surface area contributed by atoms with Crippen molar-refractivity contribution in [3.05, 3.63) is 44.9 Å². The van der Waals surface area contributed by atoms with Crippen molar-refractivity contribution in [2.75, 3.05) is 14.2 Å². The lowest BCUT2D eigenvalue weighted by Crippen LogP contribution is -1.94. The van der Waals surface area contributed by atoms with Crippen LogP contribution in [0.3, 0.4) is 0 Å². The molecular weight excluding hydrogens is 320 g/mol. The Labute approximate surface area is 135 Å². The summed E-state index contributed by atoms with van der Waals surface area (Å²) in [4.78, 5) is 0. The van der Waals surface area contributed by atoms with E-state index in [-0.39, 0.29) is 5.95 Å². The molecule has 0 amide bonds. The molecule has 0 unspecified atom stereocenters. The van der Waals surface area contributed by atoms with Gasteiger partial charge in [-0.05, 0) is 12.1 Å². The van der Waals surface area contributed by atoms with Gasteiger partial charge in [-0.2, -0.15) is 0 Å². The Hall–Kier alpha value is -2.80. The van der Waals surface area contributed by atoms with Gasteiger partial charge in [0.05, 0.1) is 26.4 Å². The number of thiophene rings is 1. The molecule has 7 heteroatoms. The third-order valence-corrected chi connectivity index (χ3v) is 4.03. The number of furan rings is 2. The van der Waals surface area contributed by atoms with Crippen molar-refractivity contribution in [1.29, 1.82) is 0 Å². The lowest BCUT2D eigenvalue weighted by molar-refractivity contribution is 0.250. The molecule has 0 aliphatic heterocycles. The minimum absolute atomic E-state index is 0.209. The molecule has 3 aromatic rings. The first-order chi connectivity index (χ1) is 11.1. The van der Waals surface area contributed by atoms with E-state index >= 15 is 0 Å². The van der Waals surface area contributed by atoms with E-state index in [0.717, 1.165) is 9.06 Å². The molecule has 23 heavy (non-hydrogen) atoms. The number of hydrogen-bond acceptors (Lipinski definition) is 6. The zero-order valence-electron chi connectivity index (χ0n) is 12.4. The van der Waals surface area contributed by atoms with Crippen LogP contribution < -0.4 is 18.5 Å². The average Bonchev–Trinajstić information content (AvgIpc) is 3.19. The molecule has 1 N–H and O–H groups in total. The lowest BCUT2D eigenvalue weighted by Gasteiger charge is -1.93. The van der Waals surface area contributed by atoms with Crippen LogP contribution >= 0.6 is 11.3 Å². The Kier molecular flexibility index (Phi) is 4.03. The Morgan fingerprint density at radius 2 is 1.57 bits per heavy atom. The number of aromatic hydroxyl groups is 1. The van der Waals surface area contributed by atoms with Gasteiger partial charge in [-0.15, -0.1) is 11.3 Å². The molecule has 0 spiro atoms. The van der Waals surface area contributed by atoms with Crippen LogP contribution in [0.1, 0.15) is 11.5 Å². The van der Waals surface area contributed by atoms with Crippen LogP contribution in [0.2, 0.25) is 0 Å². The molecule has 0 atom stereocenters. The molecule has 119 valence electrons. The van der Waals surface area contributed by atoms with Gasteiger partial charge in [0.1, 0.15) is 0 Å². The van der Waals surface area contributed by atoms with E-state index in [4.69, 9.17) is 18.3 Å². The van der Waals surface area contributed by atoms with Gasteiger partial charge in [0.15, 0.2) is 23.0 Å². The van der Waals surface area contributed by atoms with E-state index in [1.807, 2.05) is 12.1 Å². The summed E-state index contributed by atoms with van der Waals surface area (Å²) in [6.45, 7) is 0. The Balaban J connectivity index is 1.99. The van der Waals surface area contributed by atoms with E-state index in [1.54, 1.807) is 12.2 Å². The summed E-state index contributed by atoms with van der Waals surface area (Å²) in [5.74, 6) is 0.985. The van der Waals surface area contributed by atoms with Gasteiger partial charge in [0.2, 0.25) is 0 Å². The van der Waals surface area contributed by atoms with Gasteiger partial charge in [0, 0.05) is 21.2 Å². The highest BCUT2D eigenvalue weighted by Gasteiger charge is 2.10. The van der Waals surface area contributed by atoms with E-state index in [1.165, 1.54) is 37.7 Å². The molecule has 1 radical (unpaired) electrons. The average molecular weight is 333 g/mol. The first-order valence-electron chi connectivity index (χ1n) is 6.60. The summed E-state index contributed by atoms with van der Waals surface area (Å²) in [6.07, 6.45) is 3.47. The molecule has 0 fully saturated rings. The second-order valence-electron chi connectivity index (χ2n) is 4.54. The highest BCUT2D eigenvalue weighted by molar-refractivity contribution is 7.07. The predicted octanol–water partition coefficient (Wildman–Crippen LogP) is 2.46. The van der Waals surface area contributed by atoms with Crippen LogP contribution in [0.15, 0.2) is 33.1 Å². The molecule has 0 aromatic carbocycles. The Morgan fingerprint density at radius 3 is 2.17 bits per heavy atom. The number of methoxy groups -OCH3 is 2.